The van der Waals surface area contributed by atoms with Crippen LogP contribution in [0.3, 0.4) is 0 Å². The molecule has 0 heterocycles. The van der Waals surface area contributed by atoms with E-state index in [-0.39, 0.29) is 12.6 Å². The maximum Gasteiger partial charge on any atom is 0.302 e. The predicted molar refractivity (Wildman–Crippen MR) is 89.8 cm³/mol. The summed E-state index contributed by atoms with van der Waals surface area (Å²) in [6.45, 7) is 3.76. The average Bonchev–Trinajstić information content (AvgIpc) is 2.48. The molecule has 0 saturated heterocycles. The van der Waals surface area contributed by atoms with Crippen molar-refractivity contribution in [1.82, 2.24) is 0 Å². The standard InChI is InChI=1S/C19H26O3/c1-3-4-5-6-7-9-12-15-19(21)16-13-10-8-11-14-17-22-18(2)20/h11-12,14-15,19,21H,3-7,9,17H2,1-2H3/b14-11-,15-12-/t19-/m0/s1. The molecule has 0 amide bonds. The Bertz CT molecular complexity index is 466. The molecular formula is C19H26O3. The molecule has 0 radical (unpaired) electrons. The van der Waals surface area contributed by atoms with Gasteiger partial charge in [-0.2, -0.15) is 0 Å². The zero-order valence-electron chi connectivity index (χ0n) is 13.6. The number of unbranched alkanes of at least 4 members (excludes halogenated alkanes) is 5. The van der Waals surface area contributed by atoms with Crippen molar-refractivity contribution in [3.63, 3.8) is 0 Å². The van der Waals surface area contributed by atoms with E-state index in [0.717, 1.165) is 12.8 Å². The number of hydrogen-bond acceptors (Lipinski definition) is 3. The number of carbonyl (C=O) groups is 1. The average molecular weight is 302 g/mol. The molecule has 22 heavy (non-hydrogen) atoms. The first kappa shape index (κ1) is 20.0. The van der Waals surface area contributed by atoms with E-state index in [1.54, 1.807) is 18.2 Å². The molecular weight excluding hydrogens is 276 g/mol. The van der Waals surface area contributed by atoms with Crippen molar-refractivity contribution in [2.75, 3.05) is 6.61 Å². The Morgan fingerprint density at radius 2 is 1.95 bits per heavy atom. The normalized spacial score (nSPS) is 11.6. The topological polar surface area (TPSA) is 46.5 Å². The largest absolute Gasteiger partial charge is 0.462 e. The molecule has 0 aromatic rings. The zero-order chi connectivity index (χ0) is 16.5. The van der Waals surface area contributed by atoms with Crippen LogP contribution >= 0.6 is 0 Å². The summed E-state index contributed by atoms with van der Waals surface area (Å²) in [5, 5.41) is 9.59. The molecule has 0 aliphatic heterocycles. The molecule has 0 saturated carbocycles. The van der Waals surface area contributed by atoms with Crippen LogP contribution in [0.5, 0.6) is 0 Å². The van der Waals surface area contributed by atoms with Gasteiger partial charge in [0, 0.05) is 6.92 Å². The van der Waals surface area contributed by atoms with Gasteiger partial charge in [0.1, 0.15) is 12.7 Å². The van der Waals surface area contributed by atoms with E-state index >= 15 is 0 Å². The van der Waals surface area contributed by atoms with Gasteiger partial charge in [-0.3, -0.25) is 4.79 Å². The third-order valence-electron chi connectivity index (χ3n) is 2.73. The summed E-state index contributed by atoms with van der Waals surface area (Å²) in [7, 11) is 0. The minimum atomic E-state index is -0.769. The number of ether oxygens (including phenoxy) is 1. The van der Waals surface area contributed by atoms with Crippen molar-refractivity contribution in [3.8, 4) is 23.7 Å². The molecule has 1 atom stereocenters. The summed E-state index contributed by atoms with van der Waals surface area (Å²) >= 11 is 0. The van der Waals surface area contributed by atoms with Gasteiger partial charge in [0.25, 0.3) is 0 Å². The Hall–Kier alpha value is -1.97. The van der Waals surface area contributed by atoms with Crippen molar-refractivity contribution in [3.05, 3.63) is 24.3 Å². The second-order valence-electron chi connectivity index (χ2n) is 4.82. The summed E-state index contributed by atoms with van der Waals surface area (Å²) in [6, 6.07) is 0. The van der Waals surface area contributed by atoms with Gasteiger partial charge in [0.2, 0.25) is 0 Å². The quantitative estimate of drug-likeness (QED) is 0.307. The van der Waals surface area contributed by atoms with Crippen LogP contribution in [0.1, 0.15) is 52.4 Å². The van der Waals surface area contributed by atoms with E-state index < -0.39 is 6.10 Å². The fraction of sp³-hybridized carbons (Fsp3) is 0.526. The second-order valence-corrected chi connectivity index (χ2v) is 4.82. The van der Waals surface area contributed by atoms with E-state index in [2.05, 4.69) is 30.6 Å². The van der Waals surface area contributed by atoms with Crippen molar-refractivity contribution in [1.29, 1.82) is 0 Å². The lowest BCUT2D eigenvalue weighted by Crippen LogP contribution is -1.97. The number of esters is 1. The molecule has 0 unspecified atom stereocenters. The number of rotatable bonds is 9. The van der Waals surface area contributed by atoms with Gasteiger partial charge in [0.15, 0.2) is 0 Å². The molecule has 0 rings (SSSR count). The first-order valence-corrected chi connectivity index (χ1v) is 7.81. The summed E-state index contributed by atoms with van der Waals surface area (Å²) in [5.74, 6) is 10.2. The van der Waals surface area contributed by atoms with Crippen LogP contribution in [0.15, 0.2) is 24.3 Å². The highest BCUT2D eigenvalue weighted by molar-refractivity contribution is 5.66. The fourth-order valence-corrected chi connectivity index (χ4v) is 1.60. The first-order chi connectivity index (χ1) is 10.7. The highest BCUT2D eigenvalue weighted by Gasteiger charge is 1.90. The molecule has 1 N–H and O–H groups in total. The fourth-order valence-electron chi connectivity index (χ4n) is 1.60. The lowest BCUT2D eigenvalue weighted by molar-refractivity contribution is -0.139. The zero-order valence-corrected chi connectivity index (χ0v) is 13.6. The van der Waals surface area contributed by atoms with Crippen LogP contribution in [-0.2, 0) is 9.53 Å². The molecule has 0 spiro atoms. The third kappa shape index (κ3) is 16.1. The summed E-state index contributed by atoms with van der Waals surface area (Å²) < 4.78 is 4.69. The lowest BCUT2D eigenvalue weighted by atomic mass is 10.1. The van der Waals surface area contributed by atoms with Gasteiger partial charge >= 0.3 is 5.97 Å². The summed E-state index contributed by atoms with van der Waals surface area (Å²) in [4.78, 5) is 10.5. The second kappa shape index (κ2) is 15.4. The Morgan fingerprint density at radius 3 is 2.68 bits per heavy atom. The molecule has 0 aromatic heterocycles. The van der Waals surface area contributed by atoms with E-state index in [1.165, 1.54) is 32.6 Å². The maximum atomic E-state index is 10.5. The monoisotopic (exact) mass is 302 g/mol. The first-order valence-electron chi connectivity index (χ1n) is 7.81. The number of aliphatic hydroxyl groups excluding tert-OH is 1. The Morgan fingerprint density at radius 1 is 1.18 bits per heavy atom. The van der Waals surface area contributed by atoms with E-state index in [0.29, 0.717) is 0 Å². The van der Waals surface area contributed by atoms with Crippen LogP contribution < -0.4 is 0 Å². The molecule has 0 bridgehead atoms. The SMILES string of the molecule is CCCCCCC/C=C\[C@H](O)C#CC#C/C=C\COC(C)=O. The smallest absolute Gasteiger partial charge is 0.302 e. The molecule has 3 heteroatoms. The minimum absolute atomic E-state index is 0.209. The van der Waals surface area contributed by atoms with Crippen LogP contribution in [0.4, 0.5) is 0 Å². The maximum absolute atomic E-state index is 10.5. The lowest BCUT2D eigenvalue weighted by Gasteiger charge is -1.96. The van der Waals surface area contributed by atoms with Crippen LogP contribution in [0.25, 0.3) is 0 Å². The highest BCUT2D eigenvalue weighted by atomic mass is 16.5. The Labute approximate surface area is 134 Å². The van der Waals surface area contributed by atoms with Crippen molar-refractivity contribution < 1.29 is 14.6 Å². The van der Waals surface area contributed by atoms with Crippen molar-refractivity contribution in [2.45, 2.75) is 58.5 Å². The number of allylic oxidation sites excluding steroid dienone is 2. The van der Waals surface area contributed by atoms with E-state index in [9.17, 15) is 9.90 Å². The van der Waals surface area contributed by atoms with Crippen LogP contribution in [-0.4, -0.2) is 23.8 Å². The van der Waals surface area contributed by atoms with Gasteiger partial charge in [0.05, 0.1) is 0 Å². The van der Waals surface area contributed by atoms with Gasteiger partial charge in [-0.05, 0) is 42.9 Å². The summed E-state index contributed by atoms with van der Waals surface area (Å²) in [6.07, 6.45) is 13.3. The van der Waals surface area contributed by atoms with E-state index in [4.69, 9.17) is 4.74 Å². The molecule has 0 aliphatic rings. The van der Waals surface area contributed by atoms with Gasteiger partial charge in [-0.25, -0.2) is 0 Å². The number of carbonyl (C=O) groups excluding carboxylic acids is 1. The molecule has 0 fully saturated rings. The Kier molecular flexibility index (Phi) is 14.0. The summed E-state index contributed by atoms with van der Waals surface area (Å²) in [5.41, 5.74) is 0. The Balaban J connectivity index is 3.79. The van der Waals surface area contributed by atoms with Gasteiger partial charge in [-0.15, -0.1) is 0 Å². The van der Waals surface area contributed by atoms with E-state index in [1.807, 2.05) is 6.08 Å². The molecule has 0 aromatic carbocycles. The highest BCUT2D eigenvalue weighted by Crippen LogP contribution is 2.05. The number of aliphatic hydroxyl groups is 1. The molecule has 3 nitrogen and oxygen atoms in total. The van der Waals surface area contributed by atoms with Crippen LogP contribution in [0, 0.1) is 23.7 Å². The molecule has 0 aliphatic carbocycles. The van der Waals surface area contributed by atoms with Crippen LogP contribution in [0.2, 0.25) is 0 Å². The predicted octanol–water partition coefficient (Wildman–Crippen LogP) is 3.39. The third-order valence-corrected chi connectivity index (χ3v) is 2.73. The number of hydrogen-bond donors (Lipinski definition) is 1. The van der Waals surface area contributed by atoms with Crippen molar-refractivity contribution in [2.24, 2.45) is 0 Å². The van der Waals surface area contributed by atoms with Crippen molar-refractivity contribution >= 4 is 5.97 Å². The van der Waals surface area contributed by atoms with Gasteiger partial charge < -0.3 is 9.84 Å². The molecule has 120 valence electrons. The minimum Gasteiger partial charge on any atom is -0.462 e. The van der Waals surface area contributed by atoms with Gasteiger partial charge in [-0.1, -0.05) is 50.5 Å².